The van der Waals surface area contributed by atoms with Gasteiger partial charge in [-0.05, 0) is 18.4 Å². The van der Waals surface area contributed by atoms with Crippen molar-refractivity contribution >= 4 is 12.0 Å². The molecule has 2 heterocycles. The number of carbonyl (C=O) groups excluding carboxylic acids is 1. The number of hydrogen-bond acceptors (Lipinski definition) is 5. The Kier molecular flexibility index (Phi) is 7.63. The molecular weight excluding hydrogens is 378 g/mol. The highest BCUT2D eigenvalue weighted by atomic mass is 16.5. The highest BCUT2D eigenvalue weighted by Crippen LogP contribution is 2.22. The molecule has 0 radical (unpaired) electrons. The van der Waals surface area contributed by atoms with E-state index in [1.165, 1.54) is 0 Å². The minimum absolute atomic E-state index is 0.0327. The molecule has 1 aromatic carbocycles. The zero-order chi connectivity index (χ0) is 21.5. The van der Waals surface area contributed by atoms with Gasteiger partial charge in [0, 0.05) is 45.1 Å². The first-order valence-electron chi connectivity index (χ1n) is 10.7. The number of para-hydroxylation sites is 1. The number of methoxy groups -OCH3 is 1. The molecule has 1 aliphatic heterocycles. The minimum atomic E-state index is -0.0965. The average Bonchev–Trinajstić information content (AvgIpc) is 3.01. The molecule has 0 spiro atoms. The molecule has 1 N–H and O–H groups in total. The largest absolute Gasteiger partial charge is 0.496 e. The van der Waals surface area contributed by atoms with Crippen molar-refractivity contribution in [2.75, 3.05) is 26.7 Å². The summed E-state index contributed by atoms with van der Waals surface area (Å²) < 4.78 is 7.62. The first-order chi connectivity index (χ1) is 14.5. The third-order valence-electron chi connectivity index (χ3n) is 5.34. The molecule has 162 valence electrons. The Balaban J connectivity index is 1.65. The minimum Gasteiger partial charge on any atom is -0.496 e. The first-order valence-corrected chi connectivity index (χ1v) is 10.7. The second-order valence-electron chi connectivity index (χ2n) is 8.20. The maximum Gasteiger partial charge on any atom is 0.217 e. The molecule has 0 saturated heterocycles. The van der Waals surface area contributed by atoms with Crippen molar-refractivity contribution in [3.8, 4) is 5.75 Å². The van der Waals surface area contributed by atoms with E-state index >= 15 is 0 Å². The van der Waals surface area contributed by atoms with Gasteiger partial charge in [0.1, 0.15) is 11.6 Å². The van der Waals surface area contributed by atoms with Crippen LogP contribution in [0.5, 0.6) is 5.75 Å². The standard InChI is InChI=1S/C23H33N5O2/c1-17(2)16-20(24-18(3)29)23-26-25-22-11-13-27(14-15-28(22)23)12-7-9-19-8-5-6-10-21(19)30-4/h5-10,17,20H,11-16H2,1-4H3,(H,24,29)/b9-7+/t20-/m0/s1. The first kappa shape index (κ1) is 22.0. The maximum atomic E-state index is 11.7. The molecule has 0 fully saturated rings. The van der Waals surface area contributed by atoms with Crippen LogP contribution in [-0.4, -0.2) is 52.3 Å². The summed E-state index contributed by atoms with van der Waals surface area (Å²) in [6.45, 7) is 9.42. The molecular formula is C23H33N5O2. The second kappa shape index (κ2) is 10.4. The van der Waals surface area contributed by atoms with E-state index in [1.54, 1.807) is 14.0 Å². The molecule has 1 amide bonds. The van der Waals surface area contributed by atoms with Crippen LogP contribution in [0, 0.1) is 5.92 Å². The molecule has 7 nitrogen and oxygen atoms in total. The number of benzene rings is 1. The summed E-state index contributed by atoms with van der Waals surface area (Å²) in [4.78, 5) is 14.1. The monoisotopic (exact) mass is 411 g/mol. The SMILES string of the molecule is COc1ccccc1/C=C/CN1CCc2nnc([C@H](CC(C)C)NC(C)=O)n2CC1. The Hall–Kier alpha value is -2.67. The van der Waals surface area contributed by atoms with E-state index in [2.05, 4.69) is 57.0 Å². The summed E-state index contributed by atoms with van der Waals surface area (Å²) in [7, 11) is 1.70. The fourth-order valence-corrected chi connectivity index (χ4v) is 3.91. The van der Waals surface area contributed by atoms with Crippen molar-refractivity contribution in [2.45, 2.75) is 46.2 Å². The number of aromatic nitrogens is 3. The Labute approximate surface area is 179 Å². The van der Waals surface area contributed by atoms with Gasteiger partial charge in [0.05, 0.1) is 13.2 Å². The van der Waals surface area contributed by atoms with Crippen LogP contribution in [0.15, 0.2) is 30.3 Å². The van der Waals surface area contributed by atoms with Gasteiger partial charge in [-0.3, -0.25) is 9.69 Å². The van der Waals surface area contributed by atoms with Gasteiger partial charge in [-0.1, -0.05) is 44.2 Å². The number of amides is 1. The quantitative estimate of drug-likeness (QED) is 0.723. The van der Waals surface area contributed by atoms with Gasteiger partial charge in [-0.15, -0.1) is 10.2 Å². The summed E-state index contributed by atoms with van der Waals surface area (Å²) in [5.41, 5.74) is 1.08. The molecule has 1 aliphatic rings. The van der Waals surface area contributed by atoms with E-state index in [0.717, 1.165) is 62.0 Å². The Morgan fingerprint density at radius 3 is 2.77 bits per heavy atom. The lowest BCUT2D eigenvalue weighted by molar-refractivity contribution is -0.119. The number of carbonyl (C=O) groups is 1. The lowest BCUT2D eigenvalue weighted by Crippen LogP contribution is -2.31. The molecule has 1 atom stereocenters. The summed E-state index contributed by atoms with van der Waals surface area (Å²) in [6.07, 6.45) is 6.00. The van der Waals surface area contributed by atoms with Crippen molar-refractivity contribution < 1.29 is 9.53 Å². The van der Waals surface area contributed by atoms with E-state index in [0.29, 0.717) is 5.92 Å². The van der Waals surface area contributed by atoms with Gasteiger partial charge >= 0.3 is 0 Å². The molecule has 2 aromatic rings. The zero-order valence-electron chi connectivity index (χ0n) is 18.5. The molecule has 0 bridgehead atoms. The number of rotatable bonds is 8. The normalized spacial score (nSPS) is 15.8. The average molecular weight is 412 g/mol. The van der Waals surface area contributed by atoms with E-state index in [-0.39, 0.29) is 11.9 Å². The van der Waals surface area contributed by atoms with E-state index in [9.17, 15) is 4.79 Å². The van der Waals surface area contributed by atoms with Crippen LogP contribution in [0.2, 0.25) is 0 Å². The molecule has 30 heavy (non-hydrogen) atoms. The number of hydrogen-bond donors (Lipinski definition) is 1. The Morgan fingerprint density at radius 1 is 1.23 bits per heavy atom. The number of ether oxygens (including phenoxy) is 1. The summed E-state index contributed by atoms with van der Waals surface area (Å²) >= 11 is 0. The lowest BCUT2D eigenvalue weighted by atomic mass is 10.0. The maximum absolute atomic E-state index is 11.7. The number of fused-ring (bicyclic) bond motifs is 1. The van der Waals surface area contributed by atoms with Crippen molar-refractivity contribution in [2.24, 2.45) is 5.92 Å². The van der Waals surface area contributed by atoms with Crippen LogP contribution >= 0.6 is 0 Å². The van der Waals surface area contributed by atoms with Gasteiger partial charge in [0.15, 0.2) is 5.82 Å². The van der Waals surface area contributed by atoms with Crippen LogP contribution < -0.4 is 10.1 Å². The fraction of sp³-hybridized carbons (Fsp3) is 0.522. The molecule has 1 aromatic heterocycles. The lowest BCUT2D eigenvalue weighted by Gasteiger charge is -2.21. The van der Waals surface area contributed by atoms with Gasteiger partial charge in [0.25, 0.3) is 0 Å². The Morgan fingerprint density at radius 2 is 2.03 bits per heavy atom. The van der Waals surface area contributed by atoms with Gasteiger partial charge in [0.2, 0.25) is 5.91 Å². The number of nitrogens with zero attached hydrogens (tertiary/aromatic N) is 4. The van der Waals surface area contributed by atoms with Crippen molar-refractivity contribution in [1.29, 1.82) is 0 Å². The third-order valence-corrected chi connectivity index (χ3v) is 5.34. The predicted octanol–water partition coefficient (Wildman–Crippen LogP) is 3.08. The van der Waals surface area contributed by atoms with E-state index < -0.39 is 0 Å². The van der Waals surface area contributed by atoms with Crippen LogP contribution in [0.25, 0.3) is 6.08 Å². The molecule has 7 heteroatoms. The zero-order valence-corrected chi connectivity index (χ0v) is 18.5. The highest BCUT2D eigenvalue weighted by Gasteiger charge is 2.25. The predicted molar refractivity (Wildman–Crippen MR) is 118 cm³/mol. The van der Waals surface area contributed by atoms with Gasteiger partial charge in [-0.25, -0.2) is 0 Å². The summed E-state index contributed by atoms with van der Waals surface area (Å²) in [6, 6.07) is 7.93. The van der Waals surface area contributed by atoms with Crippen molar-refractivity contribution in [1.82, 2.24) is 25.0 Å². The third kappa shape index (κ3) is 5.69. The van der Waals surface area contributed by atoms with Crippen LogP contribution in [0.4, 0.5) is 0 Å². The summed E-state index contributed by atoms with van der Waals surface area (Å²) in [5.74, 6) is 3.18. The highest BCUT2D eigenvalue weighted by molar-refractivity contribution is 5.73. The molecule has 0 saturated carbocycles. The number of nitrogens with one attached hydrogen (secondary N) is 1. The van der Waals surface area contributed by atoms with E-state index in [1.807, 2.05) is 18.2 Å². The van der Waals surface area contributed by atoms with Crippen molar-refractivity contribution in [3.05, 3.63) is 47.6 Å². The van der Waals surface area contributed by atoms with Crippen molar-refractivity contribution in [3.63, 3.8) is 0 Å². The molecule has 0 unspecified atom stereocenters. The molecule has 3 rings (SSSR count). The van der Waals surface area contributed by atoms with Crippen LogP contribution in [-0.2, 0) is 17.8 Å². The fourth-order valence-electron chi connectivity index (χ4n) is 3.91. The second-order valence-corrected chi connectivity index (χ2v) is 8.20. The van der Waals surface area contributed by atoms with Crippen LogP contribution in [0.1, 0.15) is 50.4 Å². The Bertz CT molecular complexity index is 874. The van der Waals surface area contributed by atoms with Gasteiger partial charge in [-0.2, -0.15) is 0 Å². The molecule has 0 aliphatic carbocycles. The summed E-state index contributed by atoms with van der Waals surface area (Å²) in [5, 5.41) is 11.9. The van der Waals surface area contributed by atoms with Crippen LogP contribution in [0.3, 0.4) is 0 Å². The smallest absolute Gasteiger partial charge is 0.217 e. The van der Waals surface area contributed by atoms with Gasteiger partial charge < -0.3 is 14.6 Å². The van der Waals surface area contributed by atoms with E-state index in [4.69, 9.17) is 4.74 Å². The topological polar surface area (TPSA) is 72.3 Å².